The fraction of sp³-hybridized carbons (Fsp3) is 0.263. The van der Waals surface area contributed by atoms with Crippen molar-refractivity contribution < 1.29 is 14.4 Å². The molecular weight excluding hydrogens is 368 g/mol. The molecule has 1 fully saturated rings. The van der Waals surface area contributed by atoms with Gasteiger partial charge in [0.05, 0.1) is 13.0 Å². The highest BCUT2D eigenvalue weighted by Gasteiger charge is 2.39. The Labute approximate surface area is 161 Å². The first kappa shape index (κ1) is 18.8. The van der Waals surface area contributed by atoms with Crippen LogP contribution in [0.1, 0.15) is 17.5 Å². The zero-order valence-electron chi connectivity index (χ0n) is 14.5. The van der Waals surface area contributed by atoms with Crippen molar-refractivity contribution >= 4 is 29.4 Å². The number of rotatable bonds is 7. The van der Waals surface area contributed by atoms with Gasteiger partial charge < -0.3 is 10.6 Å². The highest BCUT2D eigenvalue weighted by atomic mass is 35.5. The molecule has 0 bridgehead atoms. The minimum absolute atomic E-state index is 0.0739. The van der Waals surface area contributed by atoms with E-state index in [0.29, 0.717) is 23.6 Å². The predicted octanol–water partition coefficient (Wildman–Crippen LogP) is 1.90. The summed E-state index contributed by atoms with van der Waals surface area (Å²) in [5.74, 6) is -0.716. The highest BCUT2D eigenvalue weighted by molar-refractivity contribution is 6.31. The number of imide groups is 1. The lowest BCUT2D eigenvalue weighted by Gasteiger charge is -2.14. The third kappa shape index (κ3) is 4.83. The number of aromatic nitrogens is 1. The summed E-state index contributed by atoms with van der Waals surface area (Å²) in [6.45, 7) is 0.519. The number of amides is 4. The monoisotopic (exact) mass is 386 g/mol. The van der Waals surface area contributed by atoms with E-state index in [1.165, 1.54) is 0 Å². The van der Waals surface area contributed by atoms with Crippen LogP contribution in [0.25, 0.3) is 0 Å². The van der Waals surface area contributed by atoms with Crippen LogP contribution in [-0.4, -0.2) is 40.3 Å². The minimum atomic E-state index is -0.860. The number of halogens is 1. The second kappa shape index (κ2) is 8.64. The lowest BCUT2D eigenvalue weighted by atomic mass is 10.1. The van der Waals surface area contributed by atoms with E-state index in [0.717, 1.165) is 10.5 Å². The van der Waals surface area contributed by atoms with Gasteiger partial charge in [-0.05, 0) is 35.7 Å². The first-order chi connectivity index (χ1) is 13.0. The Kier molecular flexibility index (Phi) is 6.03. The molecule has 3 rings (SSSR count). The second-order valence-corrected chi connectivity index (χ2v) is 6.58. The van der Waals surface area contributed by atoms with Gasteiger partial charge >= 0.3 is 6.03 Å². The van der Waals surface area contributed by atoms with E-state index in [2.05, 4.69) is 15.6 Å². The van der Waals surface area contributed by atoms with Gasteiger partial charge in [0.1, 0.15) is 6.04 Å². The van der Waals surface area contributed by atoms with Gasteiger partial charge in [-0.1, -0.05) is 29.8 Å². The number of pyridine rings is 1. The van der Waals surface area contributed by atoms with E-state index in [4.69, 9.17) is 11.6 Å². The van der Waals surface area contributed by atoms with Crippen LogP contribution >= 0.6 is 11.6 Å². The Morgan fingerprint density at radius 3 is 2.67 bits per heavy atom. The van der Waals surface area contributed by atoms with Crippen LogP contribution in [0.15, 0.2) is 48.8 Å². The van der Waals surface area contributed by atoms with E-state index in [1.807, 2.05) is 12.1 Å². The molecule has 2 heterocycles. The van der Waals surface area contributed by atoms with Gasteiger partial charge in [0, 0.05) is 24.0 Å². The molecule has 7 nitrogen and oxygen atoms in total. The molecule has 4 amide bonds. The van der Waals surface area contributed by atoms with Crippen LogP contribution in [0.2, 0.25) is 5.02 Å². The third-order valence-electron chi connectivity index (χ3n) is 4.27. The van der Waals surface area contributed by atoms with E-state index in [9.17, 15) is 14.4 Å². The van der Waals surface area contributed by atoms with Gasteiger partial charge in [-0.25, -0.2) is 4.79 Å². The summed E-state index contributed by atoms with van der Waals surface area (Å²) >= 11 is 6.09. The molecule has 0 unspecified atom stereocenters. The molecule has 0 spiro atoms. The number of hydrogen-bond acceptors (Lipinski definition) is 4. The lowest BCUT2D eigenvalue weighted by Crippen LogP contribution is -2.37. The Hall–Kier alpha value is -2.93. The summed E-state index contributed by atoms with van der Waals surface area (Å²) < 4.78 is 0. The van der Waals surface area contributed by atoms with Crippen molar-refractivity contribution in [3.8, 4) is 0 Å². The molecule has 2 aromatic rings. The first-order valence-electron chi connectivity index (χ1n) is 8.55. The van der Waals surface area contributed by atoms with Gasteiger partial charge in [0.2, 0.25) is 5.91 Å². The average molecular weight is 387 g/mol. The fourth-order valence-corrected chi connectivity index (χ4v) is 3.01. The number of urea groups is 1. The molecule has 27 heavy (non-hydrogen) atoms. The molecule has 0 radical (unpaired) electrons. The smallest absolute Gasteiger partial charge is 0.325 e. The molecule has 8 heteroatoms. The van der Waals surface area contributed by atoms with Crippen LogP contribution in [0, 0.1) is 0 Å². The summed E-state index contributed by atoms with van der Waals surface area (Å²) in [4.78, 5) is 41.7. The van der Waals surface area contributed by atoms with E-state index in [1.54, 1.807) is 36.7 Å². The molecule has 1 aliphatic heterocycles. The van der Waals surface area contributed by atoms with Crippen molar-refractivity contribution in [1.82, 2.24) is 20.5 Å². The zero-order chi connectivity index (χ0) is 19.2. The summed E-state index contributed by atoms with van der Waals surface area (Å²) in [5.41, 5.74) is 1.73. The number of nitrogens with one attached hydrogen (secondary N) is 2. The minimum Gasteiger partial charge on any atom is -0.356 e. The third-order valence-corrected chi connectivity index (χ3v) is 4.64. The maximum Gasteiger partial charge on any atom is 0.325 e. The van der Waals surface area contributed by atoms with Crippen LogP contribution in [-0.2, 0) is 22.6 Å². The Morgan fingerprint density at radius 2 is 1.93 bits per heavy atom. The Balaban J connectivity index is 1.50. The fourth-order valence-electron chi connectivity index (χ4n) is 2.82. The largest absolute Gasteiger partial charge is 0.356 e. The topological polar surface area (TPSA) is 91.4 Å². The molecule has 1 atom stereocenters. The van der Waals surface area contributed by atoms with Gasteiger partial charge in [0.15, 0.2) is 0 Å². The Morgan fingerprint density at radius 1 is 1.19 bits per heavy atom. The summed E-state index contributed by atoms with van der Waals surface area (Å²) in [7, 11) is 0. The average Bonchev–Trinajstić information content (AvgIpc) is 2.91. The van der Waals surface area contributed by atoms with Gasteiger partial charge in [-0.15, -0.1) is 0 Å². The summed E-state index contributed by atoms with van der Waals surface area (Å²) in [6.07, 6.45) is 3.95. The molecule has 0 aliphatic carbocycles. The molecule has 1 aromatic heterocycles. The van der Waals surface area contributed by atoms with Crippen LogP contribution in [0.4, 0.5) is 4.79 Å². The standard InChI is InChI=1S/C19H19ClN4O3/c20-15-4-2-1-3-14(15)12-24-18(26)16(23-19(24)27)11-17(25)22-10-7-13-5-8-21-9-6-13/h1-6,8-9,16H,7,10-12H2,(H,22,25)(H,23,27)/t16-/m0/s1. The highest BCUT2D eigenvalue weighted by Crippen LogP contribution is 2.20. The number of carbonyl (C=O) groups is 3. The SMILES string of the molecule is O=C(C[C@@H]1NC(=O)N(Cc2ccccc2Cl)C1=O)NCCc1ccncc1. The van der Waals surface area contributed by atoms with Crippen LogP contribution in [0.5, 0.6) is 0 Å². The van der Waals surface area contributed by atoms with Crippen molar-refractivity contribution in [3.05, 3.63) is 64.9 Å². The van der Waals surface area contributed by atoms with Crippen molar-refractivity contribution in [1.29, 1.82) is 0 Å². The van der Waals surface area contributed by atoms with Crippen molar-refractivity contribution in [2.24, 2.45) is 0 Å². The van der Waals surface area contributed by atoms with Gasteiger partial charge in [0.25, 0.3) is 5.91 Å². The van der Waals surface area contributed by atoms with Gasteiger partial charge in [-0.3, -0.25) is 19.5 Å². The number of nitrogens with zero attached hydrogens (tertiary/aromatic N) is 2. The quantitative estimate of drug-likeness (QED) is 0.711. The van der Waals surface area contributed by atoms with E-state index < -0.39 is 18.0 Å². The summed E-state index contributed by atoms with van der Waals surface area (Å²) in [6, 6.07) is 9.38. The maximum atomic E-state index is 12.5. The molecule has 2 N–H and O–H groups in total. The van der Waals surface area contributed by atoms with Gasteiger partial charge in [-0.2, -0.15) is 0 Å². The number of carbonyl (C=O) groups excluding carboxylic acids is 3. The van der Waals surface area contributed by atoms with E-state index in [-0.39, 0.29) is 18.9 Å². The molecule has 1 aliphatic rings. The normalized spacial score (nSPS) is 16.3. The van der Waals surface area contributed by atoms with Crippen molar-refractivity contribution in [2.75, 3.05) is 6.54 Å². The zero-order valence-corrected chi connectivity index (χ0v) is 15.3. The summed E-state index contributed by atoms with van der Waals surface area (Å²) in [5, 5.41) is 5.80. The number of hydrogen-bond donors (Lipinski definition) is 2. The van der Waals surface area contributed by atoms with Crippen LogP contribution < -0.4 is 10.6 Å². The number of benzene rings is 1. The maximum absolute atomic E-state index is 12.5. The first-order valence-corrected chi connectivity index (χ1v) is 8.93. The van der Waals surface area contributed by atoms with Crippen molar-refractivity contribution in [2.45, 2.75) is 25.4 Å². The molecule has 0 saturated carbocycles. The molecule has 140 valence electrons. The van der Waals surface area contributed by atoms with Crippen molar-refractivity contribution in [3.63, 3.8) is 0 Å². The molecule has 1 aromatic carbocycles. The molecule has 1 saturated heterocycles. The second-order valence-electron chi connectivity index (χ2n) is 6.18. The predicted molar refractivity (Wildman–Crippen MR) is 99.9 cm³/mol. The molecular formula is C19H19ClN4O3. The van der Waals surface area contributed by atoms with E-state index >= 15 is 0 Å². The lowest BCUT2D eigenvalue weighted by molar-refractivity contribution is -0.131. The Bertz CT molecular complexity index is 844. The van der Waals surface area contributed by atoms with Crippen LogP contribution in [0.3, 0.4) is 0 Å².